The quantitative estimate of drug-likeness (QED) is 0.540. The van der Waals surface area contributed by atoms with E-state index < -0.39 is 0 Å². The van der Waals surface area contributed by atoms with Gasteiger partial charge in [-0.25, -0.2) is 4.39 Å². The first-order valence-corrected chi connectivity index (χ1v) is 10.4. The van der Waals surface area contributed by atoms with Crippen molar-refractivity contribution in [2.24, 2.45) is 0 Å². The monoisotopic (exact) mass is 426 g/mol. The van der Waals surface area contributed by atoms with Crippen LogP contribution >= 0.6 is 11.6 Å². The average Bonchev–Trinajstić information content (AvgIpc) is 2.78. The number of ether oxygens (including phenoxy) is 2. The molecule has 1 aliphatic heterocycles. The minimum absolute atomic E-state index is 0.245. The Morgan fingerprint density at radius 1 is 0.967 bits per heavy atom. The number of hydrogen-bond acceptors (Lipinski definition) is 4. The zero-order chi connectivity index (χ0) is 20.8. The zero-order valence-electron chi connectivity index (χ0n) is 16.6. The van der Waals surface area contributed by atoms with E-state index in [1.807, 2.05) is 36.4 Å². The summed E-state index contributed by atoms with van der Waals surface area (Å²) in [4.78, 5) is 2.25. The fourth-order valence-electron chi connectivity index (χ4n) is 3.37. The largest absolute Gasteiger partial charge is 0.489 e. The van der Waals surface area contributed by atoms with Crippen molar-refractivity contribution in [1.82, 2.24) is 0 Å². The number of anilines is 2. The Morgan fingerprint density at radius 2 is 1.77 bits per heavy atom. The van der Waals surface area contributed by atoms with Crippen molar-refractivity contribution < 1.29 is 13.9 Å². The topological polar surface area (TPSA) is 33.7 Å². The maximum Gasteiger partial charge on any atom is 0.123 e. The van der Waals surface area contributed by atoms with Crippen molar-refractivity contribution in [2.45, 2.75) is 13.2 Å². The van der Waals surface area contributed by atoms with Crippen LogP contribution in [0.2, 0.25) is 5.02 Å². The van der Waals surface area contributed by atoms with Crippen molar-refractivity contribution in [2.75, 3.05) is 36.5 Å². The van der Waals surface area contributed by atoms with Crippen molar-refractivity contribution in [3.05, 3.63) is 88.7 Å². The molecule has 4 nitrogen and oxygen atoms in total. The summed E-state index contributed by atoms with van der Waals surface area (Å²) in [5, 5.41) is 4.15. The van der Waals surface area contributed by atoms with Crippen LogP contribution in [0.25, 0.3) is 0 Å². The number of nitrogens with one attached hydrogen (secondary N) is 1. The van der Waals surface area contributed by atoms with Gasteiger partial charge in [0.15, 0.2) is 0 Å². The van der Waals surface area contributed by atoms with Crippen LogP contribution in [0.4, 0.5) is 15.8 Å². The Kier molecular flexibility index (Phi) is 6.72. The molecule has 0 aromatic heterocycles. The third-order valence-corrected chi connectivity index (χ3v) is 5.32. The normalized spacial score (nSPS) is 13.9. The molecule has 6 heteroatoms. The predicted octanol–water partition coefficient (Wildman–Crippen LogP) is 5.51. The van der Waals surface area contributed by atoms with Gasteiger partial charge >= 0.3 is 0 Å². The van der Waals surface area contributed by atoms with Gasteiger partial charge in [0.1, 0.15) is 18.2 Å². The van der Waals surface area contributed by atoms with Gasteiger partial charge in [-0.3, -0.25) is 0 Å². The molecular formula is C24H24ClFN2O2. The second-order valence-corrected chi connectivity index (χ2v) is 7.59. The summed E-state index contributed by atoms with van der Waals surface area (Å²) >= 11 is 6.51. The maximum atomic E-state index is 13.0. The number of nitrogens with zero attached hydrogens (tertiary/aromatic N) is 1. The molecule has 1 heterocycles. The van der Waals surface area contributed by atoms with Gasteiger partial charge in [-0.2, -0.15) is 0 Å². The van der Waals surface area contributed by atoms with Gasteiger partial charge < -0.3 is 19.7 Å². The molecule has 0 saturated carbocycles. The van der Waals surface area contributed by atoms with Crippen LogP contribution in [0.5, 0.6) is 5.75 Å². The van der Waals surface area contributed by atoms with E-state index in [-0.39, 0.29) is 5.82 Å². The molecule has 0 amide bonds. The highest BCUT2D eigenvalue weighted by Crippen LogP contribution is 2.29. The first-order chi connectivity index (χ1) is 14.7. The summed E-state index contributed by atoms with van der Waals surface area (Å²) in [5.41, 5.74) is 4.03. The van der Waals surface area contributed by atoms with Crippen LogP contribution in [-0.4, -0.2) is 26.3 Å². The SMILES string of the molecule is Fc1ccc(COc2cccc(CNc3ccc(N4CCOCC4)c(Cl)c3)c2)cc1. The van der Waals surface area contributed by atoms with E-state index in [1.165, 1.54) is 12.1 Å². The van der Waals surface area contributed by atoms with Crippen LogP contribution in [0.15, 0.2) is 66.7 Å². The number of hydrogen-bond donors (Lipinski definition) is 1. The Bertz CT molecular complexity index is 975. The van der Waals surface area contributed by atoms with Gasteiger partial charge in [0, 0.05) is 25.3 Å². The predicted molar refractivity (Wildman–Crippen MR) is 119 cm³/mol. The van der Waals surface area contributed by atoms with E-state index in [9.17, 15) is 4.39 Å². The smallest absolute Gasteiger partial charge is 0.123 e. The lowest BCUT2D eigenvalue weighted by Crippen LogP contribution is -2.36. The average molecular weight is 427 g/mol. The molecule has 0 bridgehead atoms. The highest BCUT2D eigenvalue weighted by atomic mass is 35.5. The van der Waals surface area contributed by atoms with Crippen LogP contribution in [0.3, 0.4) is 0 Å². The molecule has 0 unspecified atom stereocenters. The van der Waals surface area contributed by atoms with E-state index >= 15 is 0 Å². The van der Waals surface area contributed by atoms with E-state index in [4.69, 9.17) is 21.1 Å². The Hall–Kier alpha value is -2.76. The lowest BCUT2D eigenvalue weighted by atomic mass is 10.2. The molecule has 0 aliphatic carbocycles. The molecule has 0 spiro atoms. The van der Waals surface area contributed by atoms with E-state index in [1.54, 1.807) is 12.1 Å². The lowest BCUT2D eigenvalue weighted by Gasteiger charge is -2.29. The first kappa shape index (κ1) is 20.5. The lowest BCUT2D eigenvalue weighted by molar-refractivity contribution is 0.122. The molecule has 1 N–H and O–H groups in total. The fraction of sp³-hybridized carbons (Fsp3) is 0.250. The standard InChI is InChI=1S/C24H24ClFN2O2/c25-23-15-21(8-9-24(23)28-10-12-29-13-11-28)27-16-19-2-1-3-22(14-19)30-17-18-4-6-20(26)7-5-18/h1-9,14-15,27H,10-13,16-17H2. The van der Waals surface area contributed by atoms with Gasteiger partial charge in [0.2, 0.25) is 0 Å². The third kappa shape index (κ3) is 5.43. The molecule has 1 saturated heterocycles. The molecule has 1 fully saturated rings. The first-order valence-electron chi connectivity index (χ1n) is 10.00. The number of halogens is 2. The van der Waals surface area contributed by atoms with Crippen LogP contribution in [0.1, 0.15) is 11.1 Å². The number of benzene rings is 3. The Labute approximate surface area is 181 Å². The molecular weight excluding hydrogens is 403 g/mol. The maximum absolute atomic E-state index is 13.0. The van der Waals surface area contributed by atoms with Crippen molar-refractivity contribution in [3.8, 4) is 5.75 Å². The zero-order valence-corrected chi connectivity index (χ0v) is 17.4. The summed E-state index contributed by atoms with van der Waals surface area (Å²) < 4.78 is 24.3. The fourth-order valence-corrected chi connectivity index (χ4v) is 3.67. The highest BCUT2D eigenvalue weighted by Gasteiger charge is 2.14. The van der Waals surface area contributed by atoms with Crippen LogP contribution in [-0.2, 0) is 17.9 Å². The van der Waals surface area contributed by atoms with Gasteiger partial charge in [-0.05, 0) is 53.6 Å². The number of morpholine rings is 1. The number of rotatable bonds is 7. The Balaban J connectivity index is 1.34. The van der Waals surface area contributed by atoms with E-state index in [0.29, 0.717) is 13.2 Å². The van der Waals surface area contributed by atoms with Gasteiger partial charge in [0.25, 0.3) is 0 Å². The van der Waals surface area contributed by atoms with Crippen LogP contribution in [0, 0.1) is 5.82 Å². The van der Waals surface area contributed by atoms with Gasteiger partial charge in [0.05, 0.1) is 23.9 Å². The molecule has 3 aromatic rings. The summed E-state index contributed by atoms with van der Waals surface area (Å²) in [5.74, 6) is 0.532. The minimum Gasteiger partial charge on any atom is -0.489 e. The van der Waals surface area contributed by atoms with E-state index in [0.717, 1.165) is 59.6 Å². The van der Waals surface area contributed by atoms with Crippen molar-refractivity contribution >= 4 is 23.0 Å². The molecule has 0 atom stereocenters. The van der Waals surface area contributed by atoms with Crippen molar-refractivity contribution in [3.63, 3.8) is 0 Å². The second-order valence-electron chi connectivity index (χ2n) is 7.18. The van der Waals surface area contributed by atoms with E-state index in [2.05, 4.69) is 16.3 Å². The molecule has 4 rings (SSSR count). The van der Waals surface area contributed by atoms with Gasteiger partial charge in [-0.1, -0.05) is 35.9 Å². The summed E-state index contributed by atoms with van der Waals surface area (Å²) in [7, 11) is 0. The third-order valence-electron chi connectivity index (χ3n) is 5.01. The highest BCUT2D eigenvalue weighted by molar-refractivity contribution is 6.33. The Morgan fingerprint density at radius 3 is 2.53 bits per heavy atom. The molecule has 156 valence electrons. The summed E-state index contributed by atoms with van der Waals surface area (Å²) in [6, 6.07) is 20.3. The van der Waals surface area contributed by atoms with Gasteiger partial charge in [-0.15, -0.1) is 0 Å². The van der Waals surface area contributed by atoms with Crippen LogP contribution < -0.4 is 15.0 Å². The minimum atomic E-state index is -0.245. The molecule has 3 aromatic carbocycles. The van der Waals surface area contributed by atoms with Crippen molar-refractivity contribution in [1.29, 1.82) is 0 Å². The molecule has 30 heavy (non-hydrogen) atoms. The molecule has 0 radical (unpaired) electrons. The molecule has 1 aliphatic rings. The summed E-state index contributed by atoms with van der Waals surface area (Å²) in [6.07, 6.45) is 0. The second kappa shape index (κ2) is 9.83. The summed E-state index contributed by atoms with van der Waals surface area (Å²) in [6.45, 7) is 4.23.